The molecule has 0 aromatic heterocycles. The molecule has 0 aliphatic rings. The molecule has 0 aliphatic heterocycles. The molecule has 13 heavy (non-hydrogen) atoms. The molecule has 0 nitrogen and oxygen atoms in total. The second kappa shape index (κ2) is 6.51. The van der Waals surface area contributed by atoms with E-state index in [0.29, 0.717) is 0 Å². The molecule has 0 aromatic carbocycles. The summed E-state index contributed by atoms with van der Waals surface area (Å²) < 4.78 is 0. The van der Waals surface area contributed by atoms with Crippen LogP contribution in [-0.2, 0) is 0 Å². The smallest absolute Gasteiger partial charge is 0.0714 e. The normalized spacial score (nSPS) is 15.9. The van der Waals surface area contributed by atoms with Gasteiger partial charge in [0, 0.05) is 0 Å². The third-order valence-corrected chi connectivity index (χ3v) is 3.49. The number of rotatable bonds is 6. The van der Waals surface area contributed by atoms with Gasteiger partial charge in [-0.3, -0.25) is 0 Å². The van der Waals surface area contributed by atoms with Crippen LogP contribution in [0.1, 0.15) is 54.4 Å². The Kier molecular flexibility index (Phi) is 6.54. The maximum Gasteiger partial charge on any atom is 0.146 e. The van der Waals surface area contributed by atoms with Gasteiger partial charge in [0.25, 0.3) is 0 Å². The molecule has 0 fully saturated rings. The predicted molar refractivity (Wildman–Crippen MR) is 64.8 cm³/mol. The van der Waals surface area contributed by atoms with Crippen LogP contribution in [0.2, 0.25) is 18.0 Å². The maximum absolute atomic E-state index is 2.42. The van der Waals surface area contributed by atoms with Gasteiger partial charge in [-0.05, 0) is 0 Å². The first-order chi connectivity index (χ1) is 6.02. The summed E-state index contributed by atoms with van der Waals surface area (Å²) in [5.74, 6) is 2.66. The minimum atomic E-state index is 0.855. The Morgan fingerprint density at radius 3 is 1.46 bits per heavy atom. The summed E-state index contributed by atoms with van der Waals surface area (Å²) in [5, 5.41) is 0. The average Bonchev–Trinajstić information content (AvgIpc) is 2.11. The summed E-state index contributed by atoms with van der Waals surface area (Å²) in [6, 6.07) is 0. The van der Waals surface area contributed by atoms with E-state index in [0.717, 1.165) is 24.3 Å². The van der Waals surface area contributed by atoms with Crippen molar-refractivity contribution in [2.45, 2.75) is 72.3 Å². The Bertz CT molecular complexity index is 110. The minimum Gasteiger partial charge on any atom is -0.0714 e. The van der Waals surface area contributed by atoms with Crippen LogP contribution in [0.25, 0.3) is 0 Å². The van der Waals surface area contributed by atoms with Gasteiger partial charge in [0.05, 0.1) is 0 Å². The fraction of sp³-hybridized carbons (Fsp3) is 1.00. The van der Waals surface area contributed by atoms with E-state index in [2.05, 4.69) is 41.5 Å². The van der Waals surface area contributed by atoms with Gasteiger partial charge in [-0.25, -0.2) is 0 Å². The van der Waals surface area contributed by atoms with Gasteiger partial charge in [0.2, 0.25) is 0 Å². The van der Waals surface area contributed by atoms with Crippen LogP contribution in [-0.4, -0.2) is 6.71 Å². The second-order valence-corrected chi connectivity index (χ2v) is 5.06. The van der Waals surface area contributed by atoms with Gasteiger partial charge >= 0.3 is 0 Å². The molecule has 0 heterocycles. The standard InChI is InChI=1S/C12H27B/c1-7-11(5)13(9-10(3)4)12(6)8-2/h10-12H,7-9H2,1-6H3. The lowest BCUT2D eigenvalue weighted by Crippen LogP contribution is -2.25. The molecule has 0 rings (SSSR count). The average molecular weight is 182 g/mol. The highest BCUT2D eigenvalue weighted by Gasteiger charge is 2.25. The zero-order chi connectivity index (χ0) is 10.4. The highest BCUT2D eigenvalue weighted by Crippen LogP contribution is 2.31. The molecule has 0 N–H and O–H groups in total. The lowest BCUT2D eigenvalue weighted by molar-refractivity contribution is 0.684. The topological polar surface area (TPSA) is 0 Å². The first-order valence-electron chi connectivity index (χ1n) is 6.02. The Labute approximate surface area is 85.6 Å². The lowest BCUT2D eigenvalue weighted by Gasteiger charge is -2.26. The summed E-state index contributed by atoms with van der Waals surface area (Å²) in [6.07, 6.45) is 4.08. The Hall–Kier alpha value is 0.0649. The van der Waals surface area contributed by atoms with Gasteiger partial charge in [-0.2, -0.15) is 0 Å². The van der Waals surface area contributed by atoms with Crippen molar-refractivity contribution >= 4 is 6.71 Å². The molecule has 0 saturated heterocycles. The fourth-order valence-corrected chi connectivity index (χ4v) is 2.18. The van der Waals surface area contributed by atoms with Gasteiger partial charge in [-0.1, -0.05) is 78.3 Å². The predicted octanol–water partition coefficient (Wildman–Crippen LogP) is 4.74. The Balaban J connectivity index is 4.17. The van der Waals surface area contributed by atoms with Crippen LogP contribution in [0.3, 0.4) is 0 Å². The van der Waals surface area contributed by atoms with E-state index in [1.165, 1.54) is 19.2 Å². The van der Waals surface area contributed by atoms with Gasteiger partial charge in [0.15, 0.2) is 0 Å². The third kappa shape index (κ3) is 4.74. The van der Waals surface area contributed by atoms with Crippen molar-refractivity contribution in [3.8, 4) is 0 Å². The molecular weight excluding hydrogens is 155 g/mol. The zero-order valence-corrected chi connectivity index (χ0v) is 10.4. The molecule has 0 saturated carbocycles. The van der Waals surface area contributed by atoms with E-state index in [-0.39, 0.29) is 0 Å². The van der Waals surface area contributed by atoms with Crippen molar-refractivity contribution in [3.63, 3.8) is 0 Å². The highest BCUT2D eigenvalue weighted by molar-refractivity contribution is 6.61. The number of hydrogen-bond donors (Lipinski definition) is 0. The first-order valence-corrected chi connectivity index (χ1v) is 6.02. The molecule has 0 aromatic rings. The summed E-state index contributed by atoms with van der Waals surface area (Å²) >= 11 is 0. The van der Waals surface area contributed by atoms with Crippen molar-refractivity contribution in [1.29, 1.82) is 0 Å². The highest BCUT2D eigenvalue weighted by atomic mass is 14.0. The van der Waals surface area contributed by atoms with E-state index in [9.17, 15) is 0 Å². The molecule has 0 spiro atoms. The van der Waals surface area contributed by atoms with Crippen molar-refractivity contribution in [1.82, 2.24) is 0 Å². The fourth-order valence-electron chi connectivity index (χ4n) is 2.18. The van der Waals surface area contributed by atoms with Gasteiger partial charge in [-0.15, -0.1) is 0 Å². The molecular formula is C12H27B. The summed E-state index contributed by atoms with van der Waals surface area (Å²) in [4.78, 5) is 0. The van der Waals surface area contributed by atoms with E-state index in [1.807, 2.05) is 0 Å². The summed E-state index contributed by atoms with van der Waals surface area (Å²) in [7, 11) is 0. The number of hydrogen-bond acceptors (Lipinski definition) is 0. The summed E-state index contributed by atoms with van der Waals surface area (Å²) in [6.45, 7) is 15.1. The lowest BCUT2D eigenvalue weighted by atomic mass is 9.31. The first kappa shape index (κ1) is 13.1. The van der Waals surface area contributed by atoms with Crippen LogP contribution >= 0.6 is 0 Å². The second-order valence-electron chi connectivity index (χ2n) is 5.06. The molecule has 2 atom stereocenters. The molecule has 2 unspecified atom stereocenters. The van der Waals surface area contributed by atoms with Crippen LogP contribution in [0.5, 0.6) is 0 Å². The van der Waals surface area contributed by atoms with Gasteiger partial charge < -0.3 is 0 Å². The van der Waals surface area contributed by atoms with E-state index in [4.69, 9.17) is 0 Å². The van der Waals surface area contributed by atoms with Crippen LogP contribution in [0, 0.1) is 5.92 Å². The van der Waals surface area contributed by atoms with Crippen molar-refractivity contribution in [3.05, 3.63) is 0 Å². The minimum absolute atomic E-state index is 0.855. The van der Waals surface area contributed by atoms with Crippen molar-refractivity contribution < 1.29 is 0 Å². The molecule has 78 valence electrons. The molecule has 1 heteroatoms. The molecule has 0 radical (unpaired) electrons. The van der Waals surface area contributed by atoms with E-state index < -0.39 is 0 Å². The Morgan fingerprint density at radius 1 is 0.846 bits per heavy atom. The monoisotopic (exact) mass is 182 g/mol. The molecule has 0 amide bonds. The van der Waals surface area contributed by atoms with Crippen molar-refractivity contribution in [2.75, 3.05) is 0 Å². The van der Waals surface area contributed by atoms with Crippen LogP contribution in [0.4, 0.5) is 0 Å². The summed E-state index contributed by atoms with van der Waals surface area (Å²) in [5.41, 5.74) is 0. The maximum atomic E-state index is 2.42. The molecule has 0 aliphatic carbocycles. The SMILES string of the molecule is CCC(C)B(CC(C)C)C(C)CC. The van der Waals surface area contributed by atoms with E-state index >= 15 is 0 Å². The van der Waals surface area contributed by atoms with E-state index in [1.54, 1.807) is 0 Å². The van der Waals surface area contributed by atoms with Crippen LogP contribution < -0.4 is 0 Å². The quantitative estimate of drug-likeness (QED) is 0.520. The largest absolute Gasteiger partial charge is 0.146 e. The zero-order valence-electron chi connectivity index (χ0n) is 10.4. The van der Waals surface area contributed by atoms with Gasteiger partial charge in [0.1, 0.15) is 6.71 Å². The molecule has 0 bridgehead atoms. The third-order valence-electron chi connectivity index (χ3n) is 3.49. The van der Waals surface area contributed by atoms with Crippen molar-refractivity contribution in [2.24, 2.45) is 5.92 Å². The Morgan fingerprint density at radius 2 is 1.23 bits per heavy atom. The van der Waals surface area contributed by atoms with Crippen LogP contribution in [0.15, 0.2) is 0 Å².